The zero-order valence-electron chi connectivity index (χ0n) is 9.44. The van der Waals surface area contributed by atoms with Crippen LogP contribution in [0.2, 0.25) is 0 Å². The van der Waals surface area contributed by atoms with E-state index in [-0.39, 0.29) is 17.2 Å². The third-order valence-electron chi connectivity index (χ3n) is 1.84. The molecule has 0 saturated carbocycles. The van der Waals surface area contributed by atoms with Crippen LogP contribution in [-0.4, -0.2) is 9.97 Å². The van der Waals surface area contributed by atoms with Gasteiger partial charge in [-0.2, -0.15) is 5.26 Å². The summed E-state index contributed by atoms with van der Waals surface area (Å²) in [4.78, 5) is 6.64. The average molecular weight is 267 g/mol. The number of nitrogens with zero attached hydrogens (tertiary/aromatic N) is 3. The van der Waals surface area contributed by atoms with Crippen LogP contribution in [0.5, 0.6) is 0 Å². The lowest BCUT2D eigenvalue weighted by Crippen LogP contribution is -1.94. The number of anilines is 2. The highest BCUT2D eigenvalue weighted by Crippen LogP contribution is 2.07. The summed E-state index contributed by atoms with van der Waals surface area (Å²) in [6.07, 6.45) is 1.83. The number of hydrogen-bond acceptors (Lipinski definition) is 5. The molecule has 0 amide bonds. The number of aromatic nitrogens is 2. The Morgan fingerprint density at radius 3 is 1.89 bits per heavy atom. The van der Waals surface area contributed by atoms with Gasteiger partial charge >= 0.3 is 0 Å². The standard InChI is InChI=1S/C6H4FN3.C5H4F2N2/c7-5-1-4(2-8)6(9)10-3-5;6-3-1-4(7)5(8)9-2-3/h1,3H,(H2,9,10);1-2H,(H2,8,9). The number of nitriles is 1. The molecule has 98 valence electrons. The Labute approximate surface area is 106 Å². The van der Waals surface area contributed by atoms with Crippen molar-refractivity contribution in [3.63, 3.8) is 0 Å². The number of hydrogen-bond donors (Lipinski definition) is 2. The second-order valence-corrected chi connectivity index (χ2v) is 3.22. The van der Waals surface area contributed by atoms with Gasteiger partial charge in [0.15, 0.2) is 11.6 Å². The summed E-state index contributed by atoms with van der Waals surface area (Å²) in [6, 6.07) is 3.44. The fraction of sp³-hybridized carbons (Fsp3) is 0. The lowest BCUT2D eigenvalue weighted by atomic mass is 10.3. The first kappa shape index (κ1) is 14.2. The van der Waals surface area contributed by atoms with E-state index in [0.29, 0.717) is 6.07 Å². The molecule has 0 atom stereocenters. The molecule has 0 radical (unpaired) electrons. The highest BCUT2D eigenvalue weighted by atomic mass is 19.1. The van der Waals surface area contributed by atoms with E-state index in [4.69, 9.17) is 16.7 Å². The zero-order chi connectivity index (χ0) is 14.4. The Morgan fingerprint density at radius 1 is 0.947 bits per heavy atom. The van der Waals surface area contributed by atoms with Gasteiger partial charge in [-0.25, -0.2) is 23.1 Å². The van der Waals surface area contributed by atoms with Gasteiger partial charge in [0.25, 0.3) is 0 Å². The normalized spacial score (nSPS) is 9.16. The predicted octanol–water partition coefficient (Wildman–Crippen LogP) is 1.62. The van der Waals surface area contributed by atoms with Crippen LogP contribution in [0.15, 0.2) is 24.5 Å². The molecule has 0 spiro atoms. The molecule has 4 N–H and O–H groups in total. The van der Waals surface area contributed by atoms with Gasteiger partial charge in [0, 0.05) is 6.07 Å². The highest BCUT2D eigenvalue weighted by Gasteiger charge is 1.99. The average Bonchev–Trinajstić information content (AvgIpc) is 2.38. The van der Waals surface area contributed by atoms with Gasteiger partial charge in [0.2, 0.25) is 0 Å². The molecule has 2 heterocycles. The van der Waals surface area contributed by atoms with Crippen molar-refractivity contribution < 1.29 is 13.2 Å². The van der Waals surface area contributed by atoms with Crippen molar-refractivity contribution in [3.05, 3.63) is 47.5 Å². The quantitative estimate of drug-likeness (QED) is 0.755. The van der Waals surface area contributed by atoms with Gasteiger partial charge in [-0.15, -0.1) is 0 Å². The first-order valence-electron chi connectivity index (χ1n) is 4.81. The molecule has 0 aromatic carbocycles. The summed E-state index contributed by atoms with van der Waals surface area (Å²) in [5.41, 5.74) is 10.2. The second kappa shape index (κ2) is 6.20. The van der Waals surface area contributed by atoms with Crippen molar-refractivity contribution in [3.8, 4) is 6.07 Å². The van der Waals surface area contributed by atoms with E-state index in [9.17, 15) is 13.2 Å². The number of pyridine rings is 2. The molecule has 2 aromatic heterocycles. The van der Waals surface area contributed by atoms with Crippen LogP contribution in [0.3, 0.4) is 0 Å². The second-order valence-electron chi connectivity index (χ2n) is 3.22. The number of nitrogens with two attached hydrogens (primary N) is 2. The largest absolute Gasteiger partial charge is 0.383 e. The summed E-state index contributed by atoms with van der Waals surface area (Å²) in [6.45, 7) is 0. The summed E-state index contributed by atoms with van der Waals surface area (Å²) >= 11 is 0. The molecule has 2 rings (SSSR count). The van der Waals surface area contributed by atoms with E-state index in [0.717, 1.165) is 18.5 Å². The van der Waals surface area contributed by atoms with Crippen LogP contribution in [-0.2, 0) is 0 Å². The van der Waals surface area contributed by atoms with E-state index in [1.165, 1.54) is 0 Å². The molecule has 0 aliphatic carbocycles. The monoisotopic (exact) mass is 267 g/mol. The molecule has 0 aliphatic rings. The van der Waals surface area contributed by atoms with E-state index in [1.54, 1.807) is 6.07 Å². The SMILES string of the molecule is N#Cc1cc(F)cnc1N.Nc1ncc(F)cc1F. The van der Waals surface area contributed by atoms with E-state index in [1.807, 2.05) is 0 Å². The smallest absolute Gasteiger partial charge is 0.168 e. The maximum absolute atomic E-state index is 12.3. The van der Waals surface area contributed by atoms with E-state index >= 15 is 0 Å². The molecule has 0 unspecified atom stereocenters. The third-order valence-corrected chi connectivity index (χ3v) is 1.84. The Kier molecular flexibility index (Phi) is 4.65. The Morgan fingerprint density at radius 2 is 1.47 bits per heavy atom. The summed E-state index contributed by atoms with van der Waals surface area (Å²) in [5.74, 6) is -2.32. The molecular formula is C11H8F3N5. The van der Waals surface area contributed by atoms with Crippen LogP contribution in [0.1, 0.15) is 5.56 Å². The Bertz CT molecular complexity index is 624. The molecule has 19 heavy (non-hydrogen) atoms. The molecular weight excluding hydrogens is 259 g/mol. The van der Waals surface area contributed by atoms with Crippen LogP contribution in [0.25, 0.3) is 0 Å². The van der Waals surface area contributed by atoms with Gasteiger partial charge in [-0.05, 0) is 6.07 Å². The first-order chi connectivity index (χ1) is 8.93. The zero-order valence-corrected chi connectivity index (χ0v) is 9.44. The number of halogens is 3. The minimum Gasteiger partial charge on any atom is -0.383 e. The fourth-order valence-corrected chi connectivity index (χ4v) is 0.965. The third kappa shape index (κ3) is 4.16. The minimum atomic E-state index is -0.824. The van der Waals surface area contributed by atoms with Crippen molar-refractivity contribution >= 4 is 11.6 Å². The van der Waals surface area contributed by atoms with Crippen molar-refractivity contribution in [2.75, 3.05) is 11.5 Å². The Balaban J connectivity index is 0.000000191. The summed E-state index contributed by atoms with van der Waals surface area (Å²) in [7, 11) is 0. The maximum Gasteiger partial charge on any atom is 0.168 e. The van der Waals surface area contributed by atoms with Gasteiger partial charge in [-0.1, -0.05) is 0 Å². The van der Waals surface area contributed by atoms with Gasteiger partial charge < -0.3 is 11.5 Å². The van der Waals surface area contributed by atoms with Crippen LogP contribution >= 0.6 is 0 Å². The van der Waals surface area contributed by atoms with E-state index < -0.39 is 17.5 Å². The predicted molar refractivity (Wildman–Crippen MR) is 61.9 cm³/mol. The molecule has 0 bridgehead atoms. The maximum atomic E-state index is 12.3. The lowest BCUT2D eigenvalue weighted by molar-refractivity contribution is 0.577. The molecule has 8 heteroatoms. The lowest BCUT2D eigenvalue weighted by Gasteiger charge is -1.92. The van der Waals surface area contributed by atoms with Crippen LogP contribution in [0, 0.1) is 28.8 Å². The van der Waals surface area contributed by atoms with Crippen molar-refractivity contribution in [1.29, 1.82) is 5.26 Å². The minimum absolute atomic E-state index is 0.0592. The summed E-state index contributed by atoms with van der Waals surface area (Å²) in [5, 5.41) is 8.31. The Hall–Kier alpha value is -2.82. The van der Waals surface area contributed by atoms with Gasteiger partial charge in [0.1, 0.15) is 23.5 Å². The van der Waals surface area contributed by atoms with Crippen molar-refractivity contribution in [2.24, 2.45) is 0 Å². The first-order valence-corrected chi connectivity index (χ1v) is 4.81. The van der Waals surface area contributed by atoms with E-state index in [2.05, 4.69) is 9.97 Å². The molecule has 0 aliphatic heterocycles. The van der Waals surface area contributed by atoms with Crippen LogP contribution < -0.4 is 11.5 Å². The summed E-state index contributed by atoms with van der Waals surface area (Å²) < 4.78 is 36.4. The molecule has 0 fully saturated rings. The van der Waals surface area contributed by atoms with Gasteiger partial charge in [-0.3, -0.25) is 0 Å². The molecule has 5 nitrogen and oxygen atoms in total. The van der Waals surface area contributed by atoms with Crippen LogP contribution in [0.4, 0.5) is 24.8 Å². The number of rotatable bonds is 0. The topological polar surface area (TPSA) is 102 Å². The van der Waals surface area contributed by atoms with Crippen molar-refractivity contribution in [2.45, 2.75) is 0 Å². The highest BCUT2D eigenvalue weighted by molar-refractivity contribution is 5.47. The molecule has 2 aromatic rings. The van der Waals surface area contributed by atoms with Crippen molar-refractivity contribution in [1.82, 2.24) is 9.97 Å². The fourth-order valence-electron chi connectivity index (χ4n) is 0.965. The van der Waals surface area contributed by atoms with Gasteiger partial charge in [0.05, 0.1) is 18.0 Å². The molecule has 0 saturated heterocycles. The number of nitrogen functional groups attached to an aromatic ring is 2.